The summed E-state index contributed by atoms with van der Waals surface area (Å²) in [5.41, 5.74) is -1.24. The van der Waals surface area contributed by atoms with Crippen LogP contribution in [0.3, 0.4) is 0 Å². The number of amidine groups is 1. The van der Waals surface area contributed by atoms with Crippen molar-refractivity contribution in [3.63, 3.8) is 0 Å². The second-order valence-corrected chi connectivity index (χ2v) is 8.20. The van der Waals surface area contributed by atoms with Crippen molar-refractivity contribution in [2.24, 2.45) is 10.1 Å². The monoisotopic (exact) mass is 530 g/mol. The largest absolute Gasteiger partial charge is 0.533 e. The van der Waals surface area contributed by atoms with Gasteiger partial charge in [-0.15, -0.1) is 0 Å². The topological polar surface area (TPSA) is 186 Å². The third-order valence-corrected chi connectivity index (χ3v) is 4.30. The highest BCUT2D eigenvalue weighted by atomic mass is 16.6. The molecule has 15 nitrogen and oxygen atoms in total. The lowest BCUT2D eigenvalue weighted by molar-refractivity contribution is -0.407. The van der Waals surface area contributed by atoms with Crippen LogP contribution < -0.4 is 0 Å². The molecule has 37 heavy (non-hydrogen) atoms. The Bertz CT molecular complexity index is 987. The second kappa shape index (κ2) is 13.4. The van der Waals surface area contributed by atoms with Crippen molar-refractivity contribution in [1.29, 1.82) is 0 Å². The highest BCUT2D eigenvalue weighted by Crippen LogP contribution is 2.27. The van der Waals surface area contributed by atoms with E-state index in [9.17, 15) is 28.8 Å². The summed E-state index contributed by atoms with van der Waals surface area (Å²) in [6.45, 7) is 9.16. The minimum absolute atomic E-state index is 0.0306. The van der Waals surface area contributed by atoms with Gasteiger partial charge in [-0.05, 0) is 16.6 Å². The molecule has 0 radical (unpaired) electrons. The minimum Gasteiger partial charge on any atom is -0.462 e. The van der Waals surface area contributed by atoms with Crippen LogP contribution in [0.4, 0.5) is 4.79 Å². The fraction of sp³-hybridized carbons (Fsp3) is 0.682. The van der Waals surface area contributed by atoms with Crippen molar-refractivity contribution in [2.75, 3.05) is 13.2 Å². The van der Waals surface area contributed by atoms with Crippen LogP contribution in [0.5, 0.6) is 0 Å². The van der Waals surface area contributed by atoms with E-state index in [2.05, 4.69) is 10.1 Å². The van der Waals surface area contributed by atoms with E-state index in [1.807, 2.05) is 0 Å². The van der Waals surface area contributed by atoms with Crippen LogP contribution in [-0.2, 0) is 52.4 Å². The molecule has 206 valence electrons. The summed E-state index contributed by atoms with van der Waals surface area (Å²) < 4.78 is 32.0. The second-order valence-electron chi connectivity index (χ2n) is 8.20. The third-order valence-electron chi connectivity index (χ3n) is 4.30. The quantitative estimate of drug-likeness (QED) is 0.210. The van der Waals surface area contributed by atoms with Crippen LogP contribution in [0.1, 0.15) is 55.4 Å². The lowest BCUT2D eigenvalue weighted by Crippen LogP contribution is -2.56. The number of amides is 1. The summed E-state index contributed by atoms with van der Waals surface area (Å²) in [5, 5.41) is 4.14. The molecule has 0 bridgehead atoms. The smallest absolute Gasteiger partial charge is 0.462 e. The maximum atomic E-state index is 12.7. The zero-order valence-corrected chi connectivity index (χ0v) is 22.0. The Hall–Kier alpha value is -3.91. The molecule has 1 rings (SSSR count). The molecule has 1 heterocycles. The van der Waals surface area contributed by atoms with Gasteiger partial charge in [0.2, 0.25) is 6.10 Å². The first-order valence-corrected chi connectivity index (χ1v) is 11.2. The SMILES string of the molecule is CCOC(=O)[N+]1=NC(C)(C)N=C1[C@@H](OC(C)=O)[C@H](OC(C)=O)[C@H](OC(C)=O)[C@@H](COC(C)=O)OC(C)=O. The first kappa shape index (κ1) is 31.1. The number of aliphatic imine (C=N–C) groups is 1. The predicted octanol–water partition coefficient (Wildman–Crippen LogP) is 1.05. The van der Waals surface area contributed by atoms with E-state index in [-0.39, 0.29) is 12.4 Å². The molecule has 0 saturated heterocycles. The van der Waals surface area contributed by atoms with Crippen molar-refractivity contribution >= 4 is 41.8 Å². The number of rotatable bonds is 11. The fourth-order valence-electron chi connectivity index (χ4n) is 3.24. The Morgan fingerprint density at radius 1 is 0.757 bits per heavy atom. The zero-order valence-electron chi connectivity index (χ0n) is 22.0. The van der Waals surface area contributed by atoms with Gasteiger partial charge in [-0.2, -0.15) is 4.79 Å². The van der Waals surface area contributed by atoms with E-state index < -0.39 is 72.6 Å². The van der Waals surface area contributed by atoms with Crippen LogP contribution in [0.2, 0.25) is 0 Å². The Morgan fingerprint density at radius 3 is 1.73 bits per heavy atom. The van der Waals surface area contributed by atoms with Crippen molar-refractivity contribution in [3.8, 4) is 0 Å². The van der Waals surface area contributed by atoms with E-state index in [1.54, 1.807) is 6.92 Å². The lowest BCUT2D eigenvalue weighted by Gasteiger charge is -2.33. The Kier molecular flexibility index (Phi) is 11.3. The highest BCUT2D eigenvalue weighted by molar-refractivity contribution is 5.89. The van der Waals surface area contributed by atoms with Crippen LogP contribution >= 0.6 is 0 Å². The van der Waals surface area contributed by atoms with Crippen molar-refractivity contribution in [1.82, 2.24) is 0 Å². The Balaban J connectivity index is 3.79. The van der Waals surface area contributed by atoms with Gasteiger partial charge < -0.3 is 28.4 Å². The zero-order chi connectivity index (χ0) is 28.5. The van der Waals surface area contributed by atoms with Gasteiger partial charge in [-0.25, -0.2) is 0 Å². The number of hydrogen-bond donors (Lipinski definition) is 0. The number of ether oxygens (including phenoxy) is 6. The van der Waals surface area contributed by atoms with Crippen molar-refractivity contribution in [2.45, 2.75) is 85.5 Å². The molecule has 0 saturated carbocycles. The molecule has 0 spiro atoms. The molecule has 1 aliphatic rings. The number of nitrogens with zero attached hydrogens (tertiary/aromatic N) is 3. The van der Waals surface area contributed by atoms with Gasteiger partial charge in [-0.1, -0.05) is 5.11 Å². The van der Waals surface area contributed by atoms with E-state index in [1.165, 1.54) is 13.8 Å². The summed E-state index contributed by atoms with van der Waals surface area (Å²) in [6.07, 6.45) is -7.70. The molecule has 1 aliphatic heterocycles. The molecule has 0 N–H and O–H groups in total. The van der Waals surface area contributed by atoms with Gasteiger partial charge in [0.05, 0.1) is 6.61 Å². The first-order chi connectivity index (χ1) is 17.1. The molecule has 1 amide bonds. The molecule has 0 fully saturated rings. The number of azo groups is 2. The summed E-state index contributed by atoms with van der Waals surface area (Å²) in [6, 6.07) is 0. The van der Waals surface area contributed by atoms with Crippen LogP contribution in [0, 0.1) is 0 Å². The van der Waals surface area contributed by atoms with E-state index in [0.717, 1.165) is 39.3 Å². The number of esters is 5. The standard InChI is InChI=1S/C22H32N3O12/c1-9-32-21(31)25-20(23-22(7,8)24-25)19(37-15(6)30)18(36-14(5)29)17(35-13(4)28)16(34-12(3)27)10-33-11(2)26/h16-19H,9-10H2,1-8H3/q+1/t16-,17-,18-,19+/m1/s1. The van der Waals surface area contributed by atoms with Gasteiger partial charge in [-0.3, -0.25) is 24.0 Å². The number of hydrogen-bond acceptors (Lipinski definition) is 14. The minimum atomic E-state index is -1.76. The fourth-order valence-corrected chi connectivity index (χ4v) is 3.24. The van der Waals surface area contributed by atoms with Crippen LogP contribution in [-0.4, -0.2) is 89.8 Å². The molecule has 4 atom stereocenters. The van der Waals surface area contributed by atoms with Crippen LogP contribution in [0.15, 0.2) is 10.1 Å². The average molecular weight is 531 g/mol. The third kappa shape index (κ3) is 9.93. The average Bonchev–Trinajstić information content (AvgIpc) is 3.06. The predicted molar refractivity (Wildman–Crippen MR) is 120 cm³/mol. The van der Waals surface area contributed by atoms with Gasteiger partial charge in [0, 0.05) is 48.5 Å². The first-order valence-electron chi connectivity index (χ1n) is 11.2. The van der Waals surface area contributed by atoms with Gasteiger partial charge in [0.15, 0.2) is 18.3 Å². The van der Waals surface area contributed by atoms with E-state index >= 15 is 0 Å². The van der Waals surface area contributed by atoms with E-state index in [0.29, 0.717) is 0 Å². The molecule has 0 aromatic rings. The summed E-state index contributed by atoms with van der Waals surface area (Å²) in [4.78, 5) is 76.6. The van der Waals surface area contributed by atoms with E-state index in [4.69, 9.17) is 28.4 Å². The van der Waals surface area contributed by atoms with Crippen molar-refractivity contribution in [3.05, 3.63) is 0 Å². The lowest BCUT2D eigenvalue weighted by atomic mass is 10.0. The molecular weight excluding hydrogens is 498 g/mol. The molecular formula is C22H32N3O12+. The van der Waals surface area contributed by atoms with Crippen LogP contribution in [0.25, 0.3) is 0 Å². The Labute approximate surface area is 213 Å². The maximum Gasteiger partial charge on any atom is 0.533 e. The summed E-state index contributed by atoms with van der Waals surface area (Å²) in [5.74, 6) is -4.67. The van der Waals surface area contributed by atoms with Gasteiger partial charge >= 0.3 is 41.8 Å². The van der Waals surface area contributed by atoms with Gasteiger partial charge in [0.25, 0.3) is 5.66 Å². The molecule has 0 aliphatic carbocycles. The molecule has 0 aromatic carbocycles. The normalized spacial score (nSPS) is 17.1. The maximum absolute atomic E-state index is 12.7. The highest BCUT2D eigenvalue weighted by Gasteiger charge is 2.55. The van der Waals surface area contributed by atoms with Crippen molar-refractivity contribution < 1.29 is 61.9 Å². The Morgan fingerprint density at radius 2 is 1.27 bits per heavy atom. The number of carbonyl (C=O) groups is 6. The number of carbonyl (C=O) groups excluding carboxylic acids is 6. The summed E-state index contributed by atoms with van der Waals surface area (Å²) in [7, 11) is 0. The molecule has 0 unspecified atom stereocenters. The van der Waals surface area contributed by atoms with Gasteiger partial charge in [0.1, 0.15) is 6.61 Å². The molecule has 0 aromatic heterocycles. The molecule has 15 heteroatoms. The summed E-state index contributed by atoms with van der Waals surface area (Å²) >= 11 is 0.